The van der Waals surface area contributed by atoms with E-state index in [1.54, 1.807) is 0 Å². The predicted molar refractivity (Wildman–Crippen MR) is 69.4 cm³/mol. The number of ether oxygens (including phenoxy) is 1. The number of hydrogen-bond donors (Lipinski definition) is 0. The lowest BCUT2D eigenvalue weighted by atomic mass is 10.1. The molecule has 0 atom stereocenters. The van der Waals surface area contributed by atoms with Gasteiger partial charge < -0.3 is 4.74 Å². The molecule has 2 rings (SSSR count). The van der Waals surface area contributed by atoms with Gasteiger partial charge in [-0.05, 0) is 31.1 Å². The number of allylic oxidation sites excluding steroid dienone is 1. The average Bonchev–Trinajstić information content (AvgIpc) is 2.38. The Labute approximate surface area is 110 Å². The average molecular weight is 283 g/mol. The largest absolute Gasteiger partial charge is 0.493 e. The maximum Gasteiger partial charge on any atom is 0.288 e. The fourth-order valence-electron chi connectivity index (χ4n) is 1.87. The molecule has 1 aliphatic rings. The standard InChI is InChI=1S/C12H13NO5S/c1-19(16,17)12-8-9(5-6-10(12)13(14)15)11-4-2-3-7-18-11/h4-6,8H,2-3,7H2,1H3. The first-order valence-corrected chi connectivity index (χ1v) is 7.60. The highest BCUT2D eigenvalue weighted by molar-refractivity contribution is 7.90. The second-order valence-corrected chi connectivity index (χ2v) is 6.26. The lowest BCUT2D eigenvalue weighted by molar-refractivity contribution is -0.387. The molecular weight excluding hydrogens is 270 g/mol. The van der Waals surface area contributed by atoms with Crippen molar-refractivity contribution in [2.24, 2.45) is 0 Å². The number of nitrogens with zero attached hydrogens (tertiary/aromatic N) is 1. The molecule has 0 amide bonds. The van der Waals surface area contributed by atoms with Gasteiger partial charge in [-0.1, -0.05) is 0 Å². The van der Waals surface area contributed by atoms with Crippen molar-refractivity contribution in [2.45, 2.75) is 17.7 Å². The SMILES string of the molecule is CS(=O)(=O)c1cc(C2=CCCCO2)ccc1[N+](=O)[O-]. The van der Waals surface area contributed by atoms with Crippen LogP contribution in [0.15, 0.2) is 29.2 Å². The first kappa shape index (κ1) is 13.5. The summed E-state index contributed by atoms with van der Waals surface area (Å²) in [6.45, 7) is 0.566. The summed E-state index contributed by atoms with van der Waals surface area (Å²) in [4.78, 5) is 9.87. The van der Waals surface area contributed by atoms with Crippen LogP contribution in [0, 0.1) is 10.1 Å². The van der Waals surface area contributed by atoms with E-state index < -0.39 is 20.4 Å². The molecule has 0 spiro atoms. The van der Waals surface area contributed by atoms with Gasteiger partial charge in [-0.15, -0.1) is 0 Å². The van der Waals surface area contributed by atoms with Crippen LogP contribution < -0.4 is 0 Å². The van der Waals surface area contributed by atoms with Crippen molar-refractivity contribution in [1.29, 1.82) is 0 Å². The third kappa shape index (κ3) is 2.93. The summed E-state index contributed by atoms with van der Waals surface area (Å²) in [5.74, 6) is 0.575. The molecule has 1 heterocycles. The molecule has 0 fully saturated rings. The summed E-state index contributed by atoms with van der Waals surface area (Å²) in [7, 11) is -3.66. The third-order valence-corrected chi connectivity index (χ3v) is 3.90. The molecule has 1 aromatic carbocycles. The minimum Gasteiger partial charge on any atom is -0.493 e. The lowest BCUT2D eigenvalue weighted by Gasteiger charge is -2.15. The number of rotatable bonds is 3. The Morgan fingerprint density at radius 2 is 2.11 bits per heavy atom. The summed E-state index contributed by atoms with van der Waals surface area (Å²) in [5.41, 5.74) is 0.133. The lowest BCUT2D eigenvalue weighted by Crippen LogP contribution is -2.05. The predicted octanol–water partition coefficient (Wildman–Crippen LogP) is 2.15. The summed E-state index contributed by atoms with van der Waals surface area (Å²) in [6.07, 6.45) is 4.57. The van der Waals surface area contributed by atoms with E-state index in [9.17, 15) is 18.5 Å². The van der Waals surface area contributed by atoms with E-state index in [-0.39, 0.29) is 4.90 Å². The topological polar surface area (TPSA) is 86.5 Å². The molecule has 1 aromatic rings. The van der Waals surface area contributed by atoms with Gasteiger partial charge in [0, 0.05) is 17.9 Å². The second-order valence-electron chi connectivity index (χ2n) is 4.27. The van der Waals surface area contributed by atoms with Crippen LogP contribution in [0.5, 0.6) is 0 Å². The molecular formula is C12H13NO5S. The van der Waals surface area contributed by atoms with Crippen LogP contribution in [0.1, 0.15) is 18.4 Å². The summed E-state index contributed by atoms with van der Waals surface area (Å²) in [6, 6.07) is 4.00. The van der Waals surface area contributed by atoms with Gasteiger partial charge >= 0.3 is 0 Å². The monoisotopic (exact) mass is 283 g/mol. The zero-order valence-electron chi connectivity index (χ0n) is 10.3. The first-order valence-electron chi connectivity index (χ1n) is 5.71. The Morgan fingerprint density at radius 1 is 1.37 bits per heavy atom. The van der Waals surface area contributed by atoms with Gasteiger partial charge in [0.1, 0.15) is 10.7 Å². The Hall–Kier alpha value is -1.89. The first-order chi connectivity index (χ1) is 8.89. The minimum absolute atomic E-state index is 0.287. The molecule has 6 nitrogen and oxygen atoms in total. The fraction of sp³-hybridized carbons (Fsp3) is 0.333. The number of benzene rings is 1. The Balaban J connectivity index is 2.56. The number of nitro benzene ring substituents is 1. The molecule has 0 aliphatic carbocycles. The molecule has 0 radical (unpaired) electrons. The zero-order valence-corrected chi connectivity index (χ0v) is 11.1. The van der Waals surface area contributed by atoms with Crippen molar-refractivity contribution in [3.63, 3.8) is 0 Å². The highest BCUT2D eigenvalue weighted by Crippen LogP contribution is 2.29. The quantitative estimate of drug-likeness (QED) is 0.626. The molecule has 0 unspecified atom stereocenters. The van der Waals surface area contributed by atoms with Crippen molar-refractivity contribution in [3.8, 4) is 0 Å². The van der Waals surface area contributed by atoms with Gasteiger partial charge in [-0.3, -0.25) is 10.1 Å². The molecule has 7 heteroatoms. The molecule has 0 bridgehead atoms. The van der Waals surface area contributed by atoms with Crippen molar-refractivity contribution in [1.82, 2.24) is 0 Å². The molecule has 0 saturated carbocycles. The Morgan fingerprint density at radius 3 is 2.63 bits per heavy atom. The summed E-state index contributed by atoms with van der Waals surface area (Å²) < 4.78 is 28.7. The highest BCUT2D eigenvalue weighted by Gasteiger charge is 2.23. The summed E-state index contributed by atoms with van der Waals surface area (Å²) >= 11 is 0. The summed E-state index contributed by atoms with van der Waals surface area (Å²) in [5, 5.41) is 10.9. The highest BCUT2D eigenvalue weighted by atomic mass is 32.2. The van der Waals surface area contributed by atoms with E-state index in [1.807, 2.05) is 6.08 Å². The van der Waals surface area contributed by atoms with E-state index in [2.05, 4.69) is 0 Å². The van der Waals surface area contributed by atoms with E-state index in [4.69, 9.17) is 4.74 Å². The Kier molecular flexibility index (Phi) is 3.57. The van der Waals surface area contributed by atoms with Gasteiger partial charge in [0.25, 0.3) is 5.69 Å². The Bertz CT molecular complexity index is 648. The van der Waals surface area contributed by atoms with Crippen molar-refractivity contribution in [2.75, 3.05) is 12.9 Å². The molecule has 102 valence electrons. The maximum atomic E-state index is 11.6. The van der Waals surface area contributed by atoms with Gasteiger partial charge in [0.2, 0.25) is 0 Å². The zero-order chi connectivity index (χ0) is 14.0. The fourth-order valence-corrected chi connectivity index (χ4v) is 2.74. The van der Waals surface area contributed by atoms with Crippen molar-refractivity contribution in [3.05, 3.63) is 40.0 Å². The molecule has 0 aromatic heterocycles. The van der Waals surface area contributed by atoms with Crippen LogP contribution in [0.25, 0.3) is 5.76 Å². The molecule has 0 N–H and O–H groups in total. The number of sulfone groups is 1. The van der Waals surface area contributed by atoms with Crippen LogP contribution >= 0.6 is 0 Å². The normalized spacial score (nSPS) is 15.5. The number of nitro groups is 1. The van der Waals surface area contributed by atoms with Gasteiger partial charge in [-0.25, -0.2) is 8.42 Å². The van der Waals surface area contributed by atoms with Crippen LogP contribution in [0.4, 0.5) is 5.69 Å². The van der Waals surface area contributed by atoms with Crippen molar-refractivity contribution < 1.29 is 18.1 Å². The number of hydrogen-bond acceptors (Lipinski definition) is 5. The minimum atomic E-state index is -3.66. The van der Waals surface area contributed by atoms with Crippen molar-refractivity contribution >= 4 is 21.3 Å². The van der Waals surface area contributed by atoms with Gasteiger partial charge in [0.05, 0.1) is 11.5 Å². The smallest absolute Gasteiger partial charge is 0.288 e. The van der Waals surface area contributed by atoms with Gasteiger partial charge in [-0.2, -0.15) is 0 Å². The van der Waals surface area contributed by atoms with E-state index in [0.29, 0.717) is 17.9 Å². The van der Waals surface area contributed by atoms with Crippen LogP contribution in [0.3, 0.4) is 0 Å². The second kappa shape index (κ2) is 5.00. The van der Waals surface area contributed by atoms with Crippen LogP contribution in [0.2, 0.25) is 0 Å². The maximum absolute atomic E-state index is 11.6. The van der Waals surface area contributed by atoms with E-state index in [0.717, 1.165) is 19.1 Å². The van der Waals surface area contributed by atoms with Crippen LogP contribution in [-0.4, -0.2) is 26.2 Å². The van der Waals surface area contributed by atoms with E-state index in [1.165, 1.54) is 18.2 Å². The van der Waals surface area contributed by atoms with E-state index >= 15 is 0 Å². The van der Waals surface area contributed by atoms with Gasteiger partial charge in [0.15, 0.2) is 9.84 Å². The molecule has 0 saturated heterocycles. The van der Waals surface area contributed by atoms with Crippen LogP contribution in [-0.2, 0) is 14.6 Å². The molecule has 1 aliphatic heterocycles. The molecule has 19 heavy (non-hydrogen) atoms. The third-order valence-electron chi connectivity index (χ3n) is 2.78.